The van der Waals surface area contributed by atoms with E-state index in [0.717, 1.165) is 54.0 Å². The Labute approximate surface area is 223 Å². The minimum atomic E-state index is -0.107. The number of ketones is 1. The molecule has 0 bridgehead atoms. The number of likely N-dealkylation sites (N-methyl/N-ethyl adjacent to an activating group) is 1. The van der Waals surface area contributed by atoms with Crippen molar-refractivity contribution in [3.63, 3.8) is 0 Å². The molecule has 0 spiro atoms. The number of hydrogen-bond acceptors (Lipinski definition) is 8. The van der Waals surface area contributed by atoms with E-state index < -0.39 is 0 Å². The molecule has 3 rings (SSSR count). The van der Waals surface area contributed by atoms with Crippen LogP contribution in [0.2, 0.25) is 0 Å². The second-order valence-electron chi connectivity index (χ2n) is 8.29. The molecule has 7 nitrogen and oxygen atoms in total. The quantitative estimate of drug-likeness (QED) is 0.179. The Bertz CT molecular complexity index is 1030. The molecule has 36 heavy (non-hydrogen) atoms. The molecule has 0 saturated carbocycles. The lowest BCUT2D eigenvalue weighted by molar-refractivity contribution is 0.104. The second kappa shape index (κ2) is 14.1. The molecule has 0 atom stereocenters. The first-order valence-electron chi connectivity index (χ1n) is 11.8. The number of piperazine rings is 1. The van der Waals surface area contributed by atoms with Crippen LogP contribution in [-0.4, -0.2) is 86.8 Å². The maximum Gasteiger partial charge on any atom is 0.203 e. The standard InChI is InChI=1S/C27H34N2O5S2/c1-28-12-14-29(15-13-28)27(35)36-17-5-16-34-22-9-7-21(8-10-22)23(30)11-6-20-18-24(31-2)26(33-4)25(19-20)32-3/h6-11,18-19H,5,12-17H2,1-4H3/b11-6+. The number of thioether (sulfide) groups is 1. The first kappa shape index (κ1) is 27.8. The van der Waals surface area contributed by atoms with E-state index in [4.69, 9.17) is 31.2 Å². The molecule has 2 aromatic carbocycles. The van der Waals surface area contributed by atoms with Crippen LogP contribution in [0.15, 0.2) is 42.5 Å². The Morgan fingerprint density at radius 2 is 1.64 bits per heavy atom. The molecule has 194 valence electrons. The van der Waals surface area contributed by atoms with Gasteiger partial charge in [-0.25, -0.2) is 0 Å². The molecular weight excluding hydrogens is 496 g/mol. The van der Waals surface area contributed by atoms with Crippen LogP contribution in [0.1, 0.15) is 22.3 Å². The van der Waals surface area contributed by atoms with Gasteiger partial charge in [-0.1, -0.05) is 30.1 Å². The minimum Gasteiger partial charge on any atom is -0.494 e. The Balaban J connectivity index is 1.45. The smallest absolute Gasteiger partial charge is 0.203 e. The number of rotatable bonds is 11. The molecule has 0 aliphatic carbocycles. The second-order valence-corrected chi connectivity index (χ2v) is 10.0. The highest BCUT2D eigenvalue weighted by Crippen LogP contribution is 2.38. The highest BCUT2D eigenvalue weighted by Gasteiger charge is 2.16. The van der Waals surface area contributed by atoms with E-state index in [1.807, 2.05) is 12.1 Å². The van der Waals surface area contributed by atoms with Gasteiger partial charge in [0.05, 0.1) is 27.9 Å². The molecule has 2 aromatic rings. The lowest BCUT2D eigenvalue weighted by Gasteiger charge is -2.33. The molecule has 0 amide bonds. The molecular formula is C27H34N2O5S2. The summed E-state index contributed by atoms with van der Waals surface area (Å²) >= 11 is 7.28. The fraction of sp³-hybridized carbons (Fsp3) is 0.407. The van der Waals surface area contributed by atoms with Gasteiger partial charge in [0.1, 0.15) is 10.1 Å². The third-order valence-corrected chi connectivity index (χ3v) is 7.41. The molecule has 0 N–H and O–H groups in total. The molecule has 1 saturated heterocycles. The Kier molecular flexibility index (Phi) is 10.9. The van der Waals surface area contributed by atoms with Crippen molar-refractivity contribution in [1.29, 1.82) is 0 Å². The van der Waals surface area contributed by atoms with Gasteiger partial charge in [-0.15, -0.1) is 0 Å². The Morgan fingerprint density at radius 3 is 2.22 bits per heavy atom. The van der Waals surface area contributed by atoms with E-state index in [-0.39, 0.29) is 5.78 Å². The fourth-order valence-electron chi connectivity index (χ4n) is 3.67. The predicted octanol–water partition coefficient (Wildman–Crippen LogP) is 4.64. The van der Waals surface area contributed by atoms with E-state index >= 15 is 0 Å². The number of benzene rings is 2. The van der Waals surface area contributed by atoms with Crippen molar-refractivity contribution in [3.05, 3.63) is 53.6 Å². The van der Waals surface area contributed by atoms with Gasteiger partial charge >= 0.3 is 0 Å². The average molecular weight is 531 g/mol. The molecule has 1 fully saturated rings. The number of hydrogen-bond donors (Lipinski definition) is 0. The van der Waals surface area contributed by atoms with Crippen molar-refractivity contribution in [2.75, 3.05) is 66.9 Å². The van der Waals surface area contributed by atoms with Crippen LogP contribution in [-0.2, 0) is 0 Å². The maximum absolute atomic E-state index is 12.6. The zero-order chi connectivity index (χ0) is 25.9. The van der Waals surface area contributed by atoms with Gasteiger partial charge < -0.3 is 28.7 Å². The lowest BCUT2D eigenvalue weighted by atomic mass is 10.1. The van der Waals surface area contributed by atoms with Gasteiger partial charge in [-0.05, 0) is 61.5 Å². The molecule has 0 radical (unpaired) electrons. The number of allylic oxidation sites excluding steroid dienone is 1. The maximum atomic E-state index is 12.6. The Morgan fingerprint density at radius 1 is 1.00 bits per heavy atom. The van der Waals surface area contributed by atoms with E-state index in [1.54, 1.807) is 63.4 Å². The first-order valence-corrected chi connectivity index (χ1v) is 13.2. The summed E-state index contributed by atoms with van der Waals surface area (Å²) in [7, 11) is 6.81. The van der Waals surface area contributed by atoms with Gasteiger partial charge in [0, 0.05) is 37.5 Å². The van der Waals surface area contributed by atoms with Crippen molar-refractivity contribution in [3.8, 4) is 23.0 Å². The molecule has 1 aliphatic rings. The zero-order valence-corrected chi connectivity index (χ0v) is 23.0. The molecule has 1 aliphatic heterocycles. The first-order chi connectivity index (χ1) is 17.4. The summed E-state index contributed by atoms with van der Waals surface area (Å²) in [4.78, 5) is 17.2. The number of carbonyl (C=O) groups excluding carboxylic acids is 1. The SMILES string of the molecule is COc1cc(/C=C/C(=O)c2ccc(OCCCSC(=S)N3CCN(C)CC3)cc2)cc(OC)c1OC. The molecule has 0 unspecified atom stereocenters. The highest BCUT2D eigenvalue weighted by atomic mass is 32.2. The Hall–Kier alpha value is -2.75. The van der Waals surface area contributed by atoms with E-state index in [1.165, 1.54) is 6.08 Å². The van der Waals surface area contributed by atoms with Gasteiger partial charge in [-0.2, -0.15) is 0 Å². The van der Waals surface area contributed by atoms with Crippen molar-refractivity contribution >= 4 is 40.2 Å². The van der Waals surface area contributed by atoms with Gasteiger partial charge in [0.25, 0.3) is 0 Å². The number of thiocarbonyl (C=S) groups is 1. The van der Waals surface area contributed by atoms with Crippen molar-refractivity contribution < 1.29 is 23.7 Å². The summed E-state index contributed by atoms with van der Waals surface area (Å²) in [6.07, 6.45) is 4.15. The van der Waals surface area contributed by atoms with E-state index in [9.17, 15) is 4.79 Å². The van der Waals surface area contributed by atoms with Gasteiger partial charge in [-0.3, -0.25) is 4.79 Å². The number of ether oxygens (including phenoxy) is 4. The third kappa shape index (κ3) is 7.88. The number of nitrogens with zero attached hydrogens (tertiary/aromatic N) is 2. The van der Waals surface area contributed by atoms with Gasteiger partial charge in [0.2, 0.25) is 5.75 Å². The van der Waals surface area contributed by atoms with Crippen LogP contribution >= 0.6 is 24.0 Å². The largest absolute Gasteiger partial charge is 0.494 e. The molecule has 0 aromatic heterocycles. The van der Waals surface area contributed by atoms with Crippen LogP contribution in [0.5, 0.6) is 23.0 Å². The van der Waals surface area contributed by atoms with Crippen molar-refractivity contribution in [1.82, 2.24) is 9.80 Å². The van der Waals surface area contributed by atoms with Crippen molar-refractivity contribution in [2.45, 2.75) is 6.42 Å². The van der Waals surface area contributed by atoms with Crippen LogP contribution < -0.4 is 18.9 Å². The highest BCUT2D eigenvalue weighted by molar-refractivity contribution is 8.22. The molecule has 1 heterocycles. The normalized spacial score (nSPS) is 14.1. The van der Waals surface area contributed by atoms with Crippen molar-refractivity contribution in [2.24, 2.45) is 0 Å². The topological polar surface area (TPSA) is 60.5 Å². The zero-order valence-electron chi connectivity index (χ0n) is 21.3. The molecule has 9 heteroatoms. The monoisotopic (exact) mass is 530 g/mol. The number of methoxy groups -OCH3 is 3. The minimum absolute atomic E-state index is 0.107. The summed E-state index contributed by atoms with van der Waals surface area (Å²) in [5.41, 5.74) is 1.35. The third-order valence-electron chi connectivity index (χ3n) is 5.80. The van der Waals surface area contributed by atoms with Crippen LogP contribution in [0.4, 0.5) is 0 Å². The van der Waals surface area contributed by atoms with E-state index in [2.05, 4.69) is 16.8 Å². The van der Waals surface area contributed by atoms with Crippen LogP contribution in [0.3, 0.4) is 0 Å². The fourth-order valence-corrected chi connectivity index (χ4v) is 4.90. The van der Waals surface area contributed by atoms with E-state index in [0.29, 0.717) is 29.4 Å². The summed E-state index contributed by atoms with van der Waals surface area (Å²) in [6, 6.07) is 10.8. The summed E-state index contributed by atoms with van der Waals surface area (Å²) in [6.45, 7) is 4.72. The average Bonchev–Trinajstić information content (AvgIpc) is 2.91. The summed E-state index contributed by atoms with van der Waals surface area (Å²) in [5.74, 6) is 3.13. The lowest BCUT2D eigenvalue weighted by Crippen LogP contribution is -2.45. The van der Waals surface area contributed by atoms with Gasteiger partial charge in [0.15, 0.2) is 17.3 Å². The van der Waals surface area contributed by atoms with Crippen LogP contribution in [0, 0.1) is 0 Å². The summed E-state index contributed by atoms with van der Waals surface area (Å²) in [5, 5.41) is 0. The number of carbonyl (C=O) groups is 1. The predicted molar refractivity (Wildman–Crippen MR) is 150 cm³/mol. The van der Waals surface area contributed by atoms with Crippen LogP contribution in [0.25, 0.3) is 6.08 Å². The summed E-state index contributed by atoms with van der Waals surface area (Å²) < 4.78 is 22.9.